The van der Waals surface area contributed by atoms with Crippen molar-refractivity contribution >= 4 is 15.9 Å². The van der Waals surface area contributed by atoms with E-state index in [2.05, 4.69) is 21.0 Å². The van der Waals surface area contributed by atoms with E-state index in [1.165, 1.54) is 0 Å². The molecule has 3 aromatic rings. The van der Waals surface area contributed by atoms with Crippen molar-refractivity contribution in [1.29, 1.82) is 0 Å². The van der Waals surface area contributed by atoms with E-state index in [1.54, 1.807) is 6.20 Å². The SMILES string of the molecule is NC(c1ccccc1Br)c1ccnn1-c1ccccc1. The summed E-state index contributed by atoms with van der Waals surface area (Å²) in [4.78, 5) is 0. The molecule has 1 aromatic heterocycles. The maximum Gasteiger partial charge on any atom is 0.0738 e. The predicted octanol–water partition coefficient (Wildman–Crippen LogP) is 3.68. The van der Waals surface area contributed by atoms with Crippen molar-refractivity contribution in [2.45, 2.75) is 6.04 Å². The molecule has 0 amide bonds. The largest absolute Gasteiger partial charge is 0.319 e. The lowest BCUT2D eigenvalue weighted by Gasteiger charge is -2.16. The molecule has 0 radical (unpaired) electrons. The topological polar surface area (TPSA) is 43.8 Å². The quantitative estimate of drug-likeness (QED) is 0.797. The first-order valence-corrected chi connectivity index (χ1v) is 7.16. The summed E-state index contributed by atoms with van der Waals surface area (Å²) < 4.78 is 2.89. The Hall–Kier alpha value is -1.91. The Morgan fingerprint density at radius 3 is 2.40 bits per heavy atom. The van der Waals surface area contributed by atoms with E-state index in [4.69, 9.17) is 5.73 Å². The fraction of sp³-hybridized carbons (Fsp3) is 0.0625. The van der Waals surface area contributed by atoms with Gasteiger partial charge in [-0.3, -0.25) is 0 Å². The number of rotatable bonds is 3. The lowest BCUT2D eigenvalue weighted by Crippen LogP contribution is -2.17. The second-order valence-corrected chi connectivity index (χ2v) is 5.36. The number of aromatic nitrogens is 2. The molecule has 0 aliphatic carbocycles. The molecule has 1 heterocycles. The standard InChI is InChI=1S/C16H14BrN3/c17-14-9-5-4-8-13(14)16(18)15-10-11-19-20(15)12-6-2-1-3-7-12/h1-11,16H,18H2. The summed E-state index contributed by atoms with van der Waals surface area (Å²) in [6.45, 7) is 0. The maximum atomic E-state index is 6.41. The van der Waals surface area contributed by atoms with E-state index < -0.39 is 0 Å². The van der Waals surface area contributed by atoms with Crippen molar-refractivity contribution in [2.24, 2.45) is 5.73 Å². The number of nitrogens with zero attached hydrogens (tertiary/aromatic N) is 2. The van der Waals surface area contributed by atoms with Gasteiger partial charge in [-0.05, 0) is 29.8 Å². The third-order valence-corrected chi connectivity index (χ3v) is 3.95. The van der Waals surface area contributed by atoms with Crippen LogP contribution in [-0.4, -0.2) is 9.78 Å². The molecule has 0 fully saturated rings. The lowest BCUT2D eigenvalue weighted by atomic mass is 10.0. The van der Waals surface area contributed by atoms with Gasteiger partial charge in [0.05, 0.1) is 17.4 Å². The predicted molar refractivity (Wildman–Crippen MR) is 83.7 cm³/mol. The van der Waals surface area contributed by atoms with E-state index in [0.29, 0.717) is 0 Å². The molecular formula is C16H14BrN3. The van der Waals surface area contributed by atoms with Crippen molar-refractivity contribution in [3.63, 3.8) is 0 Å². The monoisotopic (exact) mass is 327 g/mol. The molecule has 3 nitrogen and oxygen atoms in total. The van der Waals surface area contributed by atoms with Crippen molar-refractivity contribution in [3.05, 3.63) is 82.6 Å². The zero-order valence-corrected chi connectivity index (χ0v) is 12.4. The summed E-state index contributed by atoms with van der Waals surface area (Å²) in [6, 6.07) is 19.7. The summed E-state index contributed by atoms with van der Waals surface area (Å²) in [7, 11) is 0. The molecule has 2 aromatic carbocycles. The maximum absolute atomic E-state index is 6.41. The van der Waals surface area contributed by atoms with Gasteiger partial charge in [0, 0.05) is 10.7 Å². The molecular weight excluding hydrogens is 314 g/mol. The number of benzene rings is 2. The minimum Gasteiger partial charge on any atom is -0.319 e. The molecule has 100 valence electrons. The second kappa shape index (κ2) is 5.61. The van der Waals surface area contributed by atoms with Crippen LogP contribution < -0.4 is 5.73 Å². The molecule has 0 bridgehead atoms. The summed E-state index contributed by atoms with van der Waals surface area (Å²) in [5.74, 6) is 0. The number of nitrogens with two attached hydrogens (primary N) is 1. The Bertz CT molecular complexity index is 707. The van der Waals surface area contributed by atoms with Crippen LogP contribution in [0.15, 0.2) is 71.3 Å². The van der Waals surface area contributed by atoms with Crippen LogP contribution in [0.2, 0.25) is 0 Å². The van der Waals surface area contributed by atoms with Crippen LogP contribution in [0.3, 0.4) is 0 Å². The molecule has 0 spiro atoms. The fourth-order valence-corrected chi connectivity index (χ4v) is 2.75. The zero-order valence-electron chi connectivity index (χ0n) is 10.8. The van der Waals surface area contributed by atoms with Crippen LogP contribution in [0, 0.1) is 0 Å². The first-order valence-electron chi connectivity index (χ1n) is 6.37. The van der Waals surface area contributed by atoms with Gasteiger partial charge in [0.1, 0.15) is 0 Å². The molecule has 3 rings (SSSR count). The van der Waals surface area contributed by atoms with E-state index in [-0.39, 0.29) is 6.04 Å². The van der Waals surface area contributed by atoms with Crippen LogP contribution in [0.4, 0.5) is 0 Å². The van der Waals surface area contributed by atoms with Crippen molar-refractivity contribution in [3.8, 4) is 5.69 Å². The van der Waals surface area contributed by atoms with Crippen LogP contribution in [0.5, 0.6) is 0 Å². The molecule has 1 atom stereocenters. The van der Waals surface area contributed by atoms with Gasteiger partial charge in [-0.2, -0.15) is 5.10 Å². The molecule has 4 heteroatoms. The highest BCUT2D eigenvalue weighted by atomic mass is 79.9. The molecule has 20 heavy (non-hydrogen) atoms. The Balaban J connectivity index is 2.04. The molecule has 2 N–H and O–H groups in total. The Morgan fingerprint density at radius 1 is 0.950 bits per heavy atom. The zero-order chi connectivity index (χ0) is 13.9. The molecule has 1 unspecified atom stereocenters. The first-order chi connectivity index (χ1) is 9.77. The smallest absolute Gasteiger partial charge is 0.0738 e. The molecule has 0 saturated heterocycles. The van der Waals surface area contributed by atoms with Gasteiger partial charge in [-0.1, -0.05) is 52.3 Å². The molecule has 0 saturated carbocycles. The Morgan fingerprint density at radius 2 is 1.65 bits per heavy atom. The highest BCUT2D eigenvalue weighted by molar-refractivity contribution is 9.10. The average Bonchev–Trinajstić information content (AvgIpc) is 2.97. The van der Waals surface area contributed by atoms with Crippen LogP contribution in [-0.2, 0) is 0 Å². The van der Waals surface area contributed by atoms with Crippen LogP contribution in [0.25, 0.3) is 5.69 Å². The molecule has 0 aliphatic heterocycles. The summed E-state index contributed by atoms with van der Waals surface area (Å²) in [5, 5.41) is 4.38. The van der Waals surface area contributed by atoms with Crippen molar-refractivity contribution < 1.29 is 0 Å². The highest BCUT2D eigenvalue weighted by Gasteiger charge is 2.16. The number of halogens is 1. The van der Waals surface area contributed by atoms with E-state index in [1.807, 2.05) is 65.3 Å². The summed E-state index contributed by atoms with van der Waals surface area (Å²) in [5.41, 5.74) is 9.43. The van der Waals surface area contributed by atoms with E-state index in [9.17, 15) is 0 Å². The minimum absolute atomic E-state index is 0.228. The second-order valence-electron chi connectivity index (χ2n) is 4.50. The number of para-hydroxylation sites is 1. The van der Waals surface area contributed by atoms with Gasteiger partial charge in [-0.25, -0.2) is 4.68 Å². The van der Waals surface area contributed by atoms with Gasteiger partial charge in [-0.15, -0.1) is 0 Å². The Kier molecular flexibility index (Phi) is 3.67. The highest BCUT2D eigenvalue weighted by Crippen LogP contribution is 2.27. The first kappa shape index (κ1) is 13.1. The van der Waals surface area contributed by atoms with Crippen LogP contribution in [0.1, 0.15) is 17.3 Å². The third kappa shape index (κ3) is 2.40. The lowest BCUT2D eigenvalue weighted by molar-refractivity contribution is 0.737. The van der Waals surface area contributed by atoms with Gasteiger partial charge >= 0.3 is 0 Å². The van der Waals surface area contributed by atoms with Crippen LogP contribution >= 0.6 is 15.9 Å². The third-order valence-electron chi connectivity index (χ3n) is 3.23. The minimum atomic E-state index is -0.228. The van der Waals surface area contributed by atoms with E-state index in [0.717, 1.165) is 21.4 Å². The molecule has 0 aliphatic rings. The Labute approximate surface area is 126 Å². The average molecular weight is 328 g/mol. The van der Waals surface area contributed by atoms with Gasteiger partial charge in [0.2, 0.25) is 0 Å². The van der Waals surface area contributed by atoms with Gasteiger partial charge in [0.15, 0.2) is 0 Å². The van der Waals surface area contributed by atoms with Gasteiger partial charge < -0.3 is 5.73 Å². The summed E-state index contributed by atoms with van der Waals surface area (Å²) in [6.07, 6.45) is 1.78. The van der Waals surface area contributed by atoms with Crippen molar-refractivity contribution in [2.75, 3.05) is 0 Å². The normalized spacial score (nSPS) is 12.3. The number of hydrogen-bond acceptors (Lipinski definition) is 2. The summed E-state index contributed by atoms with van der Waals surface area (Å²) >= 11 is 3.55. The van der Waals surface area contributed by atoms with Gasteiger partial charge in [0.25, 0.3) is 0 Å². The number of hydrogen-bond donors (Lipinski definition) is 1. The fourth-order valence-electron chi connectivity index (χ4n) is 2.22. The van der Waals surface area contributed by atoms with E-state index >= 15 is 0 Å². The van der Waals surface area contributed by atoms with Crippen molar-refractivity contribution in [1.82, 2.24) is 9.78 Å².